The molecule has 0 bridgehead atoms. The second kappa shape index (κ2) is 5.06. The van der Waals surface area contributed by atoms with E-state index in [0.29, 0.717) is 19.8 Å². The van der Waals surface area contributed by atoms with E-state index < -0.39 is 0 Å². The van der Waals surface area contributed by atoms with E-state index in [2.05, 4.69) is 5.73 Å². The Labute approximate surface area is 99.8 Å². The van der Waals surface area contributed by atoms with Gasteiger partial charge in [0.1, 0.15) is 12.4 Å². The molecule has 0 atom stereocenters. The lowest BCUT2D eigenvalue weighted by Crippen LogP contribution is -2.31. The third-order valence-electron chi connectivity index (χ3n) is 2.48. The van der Waals surface area contributed by atoms with Crippen LogP contribution >= 0.6 is 11.6 Å². The lowest BCUT2D eigenvalue weighted by Gasteiger charge is -2.07. The quantitative estimate of drug-likeness (QED) is 0.674. The van der Waals surface area contributed by atoms with Crippen LogP contribution < -0.4 is 15.9 Å². The van der Waals surface area contributed by atoms with Crippen molar-refractivity contribution in [3.8, 4) is 5.75 Å². The minimum absolute atomic E-state index is 0.291. The predicted octanol–water partition coefficient (Wildman–Crippen LogP) is 0.549. The molecular formula is C10H13BClNO3. The molecule has 0 saturated carbocycles. The molecular weight excluding hydrogens is 228 g/mol. The van der Waals surface area contributed by atoms with Crippen molar-refractivity contribution in [3.05, 3.63) is 22.7 Å². The molecule has 0 amide bonds. The largest absolute Gasteiger partial charge is 0.498 e. The van der Waals surface area contributed by atoms with Crippen LogP contribution in [0.2, 0.25) is 5.02 Å². The summed E-state index contributed by atoms with van der Waals surface area (Å²) in [5.74, 6) is 0.837. The Hall–Kier alpha value is -0.745. The van der Waals surface area contributed by atoms with Gasteiger partial charge in [0.15, 0.2) is 0 Å². The van der Waals surface area contributed by atoms with Gasteiger partial charge in [0.2, 0.25) is 0 Å². The summed E-state index contributed by atoms with van der Waals surface area (Å²) in [6.07, 6.45) is 0. The SMILES string of the molecule is CN.Clc1ccc2c3c1COB3OCCO2. The van der Waals surface area contributed by atoms with Gasteiger partial charge in [-0.15, -0.1) is 0 Å². The molecule has 2 aliphatic rings. The maximum Gasteiger partial charge on any atom is 0.498 e. The fourth-order valence-electron chi connectivity index (χ4n) is 1.83. The van der Waals surface area contributed by atoms with Crippen LogP contribution in [0.25, 0.3) is 0 Å². The van der Waals surface area contributed by atoms with E-state index in [0.717, 1.165) is 21.8 Å². The van der Waals surface area contributed by atoms with Gasteiger partial charge in [-0.3, -0.25) is 0 Å². The van der Waals surface area contributed by atoms with Crippen molar-refractivity contribution in [1.29, 1.82) is 0 Å². The molecule has 16 heavy (non-hydrogen) atoms. The Morgan fingerprint density at radius 2 is 2.06 bits per heavy atom. The summed E-state index contributed by atoms with van der Waals surface area (Å²) < 4.78 is 16.5. The standard InChI is InChI=1S/C9H8BClO3.CH5N/c11-7-1-2-8-9-6(7)5-14-10(9)13-4-3-12-8;1-2/h1-2H,3-5H2;2H2,1H3. The molecule has 0 saturated heterocycles. The van der Waals surface area contributed by atoms with E-state index in [1.165, 1.54) is 7.05 Å². The van der Waals surface area contributed by atoms with Crippen LogP contribution in [0.3, 0.4) is 0 Å². The number of hydrogen-bond donors (Lipinski definition) is 1. The molecule has 0 fully saturated rings. The first kappa shape index (κ1) is 11.7. The zero-order valence-electron chi connectivity index (χ0n) is 9.03. The molecule has 4 nitrogen and oxygen atoms in total. The summed E-state index contributed by atoms with van der Waals surface area (Å²) in [5, 5.41) is 0.723. The molecule has 0 aliphatic carbocycles. The fourth-order valence-corrected chi connectivity index (χ4v) is 2.05. The highest BCUT2D eigenvalue weighted by molar-refractivity contribution is 6.64. The topological polar surface area (TPSA) is 53.7 Å². The summed E-state index contributed by atoms with van der Waals surface area (Å²) in [7, 11) is 1.21. The van der Waals surface area contributed by atoms with Crippen molar-refractivity contribution in [2.75, 3.05) is 20.3 Å². The molecule has 2 heterocycles. The van der Waals surface area contributed by atoms with Crippen molar-refractivity contribution in [3.63, 3.8) is 0 Å². The third-order valence-corrected chi connectivity index (χ3v) is 2.84. The number of benzene rings is 1. The van der Waals surface area contributed by atoms with Crippen LogP contribution in [0.5, 0.6) is 5.75 Å². The summed E-state index contributed by atoms with van der Waals surface area (Å²) in [6, 6.07) is 3.71. The summed E-state index contributed by atoms with van der Waals surface area (Å²) in [5.41, 5.74) is 6.46. The van der Waals surface area contributed by atoms with Gasteiger partial charge in [-0.25, -0.2) is 0 Å². The molecule has 0 aromatic heterocycles. The van der Waals surface area contributed by atoms with Crippen LogP contribution in [0.4, 0.5) is 0 Å². The molecule has 2 aliphatic heterocycles. The zero-order valence-corrected chi connectivity index (χ0v) is 9.79. The Bertz CT molecular complexity index is 389. The first-order chi connectivity index (χ1) is 7.86. The van der Waals surface area contributed by atoms with Crippen molar-refractivity contribution >= 4 is 24.2 Å². The highest BCUT2D eigenvalue weighted by Gasteiger charge is 2.37. The lowest BCUT2D eigenvalue weighted by atomic mass is 9.78. The average Bonchev–Trinajstić information content (AvgIpc) is 2.65. The second-order valence-corrected chi connectivity index (χ2v) is 3.71. The Balaban J connectivity index is 0.000000457. The molecule has 3 rings (SSSR count). The summed E-state index contributed by atoms with van der Waals surface area (Å²) in [4.78, 5) is 0. The Morgan fingerprint density at radius 3 is 2.88 bits per heavy atom. The van der Waals surface area contributed by atoms with Crippen LogP contribution in [0, 0.1) is 0 Å². The zero-order chi connectivity index (χ0) is 11.5. The third kappa shape index (κ3) is 1.91. The molecule has 1 aromatic carbocycles. The molecule has 0 radical (unpaired) electrons. The number of hydrogen-bond acceptors (Lipinski definition) is 4. The minimum Gasteiger partial charge on any atom is -0.492 e. The number of ether oxygens (including phenoxy) is 1. The fraction of sp³-hybridized carbons (Fsp3) is 0.400. The van der Waals surface area contributed by atoms with Gasteiger partial charge >= 0.3 is 7.12 Å². The number of rotatable bonds is 0. The van der Waals surface area contributed by atoms with E-state index in [1.54, 1.807) is 0 Å². The Morgan fingerprint density at radius 1 is 1.25 bits per heavy atom. The van der Waals surface area contributed by atoms with Gasteiger partial charge in [0, 0.05) is 10.5 Å². The molecule has 2 N–H and O–H groups in total. The van der Waals surface area contributed by atoms with Crippen LogP contribution in [0.1, 0.15) is 5.56 Å². The van der Waals surface area contributed by atoms with E-state index in [4.69, 9.17) is 25.6 Å². The molecule has 0 unspecified atom stereocenters. The van der Waals surface area contributed by atoms with E-state index in [9.17, 15) is 0 Å². The van der Waals surface area contributed by atoms with Crippen molar-refractivity contribution in [2.45, 2.75) is 6.61 Å². The first-order valence-electron chi connectivity index (χ1n) is 5.11. The predicted molar refractivity (Wildman–Crippen MR) is 63.2 cm³/mol. The number of halogens is 1. The maximum atomic E-state index is 6.05. The molecule has 86 valence electrons. The maximum absolute atomic E-state index is 6.05. The number of nitrogens with two attached hydrogens (primary N) is 1. The molecule has 6 heteroatoms. The van der Waals surface area contributed by atoms with E-state index in [-0.39, 0.29) is 7.12 Å². The van der Waals surface area contributed by atoms with Gasteiger partial charge in [-0.05, 0) is 24.7 Å². The van der Waals surface area contributed by atoms with Crippen LogP contribution in [-0.4, -0.2) is 27.4 Å². The highest BCUT2D eigenvalue weighted by Crippen LogP contribution is 2.27. The van der Waals surface area contributed by atoms with Gasteiger partial charge in [0.05, 0.1) is 13.2 Å². The first-order valence-corrected chi connectivity index (χ1v) is 5.49. The monoisotopic (exact) mass is 241 g/mol. The van der Waals surface area contributed by atoms with Crippen LogP contribution in [-0.2, 0) is 15.9 Å². The van der Waals surface area contributed by atoms with Crippen molar-refractivity contribution in [1.82, 2.24) is 0 Å². The normalized spacial score (nSPS) is 16.8. The Kier molecular flexibility index (Phi) is 3.71. The van der Waals surface area contributed by atoms with Crippen LogP contribution in [0.15, 0.2) is 12.1 Å². The van der Waals surface area contributed by atoms with E-state index >= 15 is 0 Å². The lowest BCUT2D eigenvalue weighted by molar-refractivity contribution is 0.180. The average molecular weight is 241 g/mol. The van der Waals surface area contributed by atoms with Gasteiger partial charge in [0.25, 0.3) is 0 Å². The molecule has 0 spiro atoms. The second-order valence-electron chi connectivity index (χ2n) is 3.30. The van der Waals surface area contributed by atoms with Gasteiger partial charge in [-0.1, -0.05) is 11.6 Å². The molecule has 1 aromatic rings. The van der Waals surface area contributed by atoms with Crippen molar-refractivity contribution < 1.29 is 14.0 Å². The minimum atomic E-state index is -0.291. The summed E-state index contributed by atoms with van der Waals surface area (Å²) >= 11 is 6.05. The summed E-state index contributed by atoms with van der Waals surface area (Å²) in [6.45, 7) is 1.63. The van der Waals surface area contributed by atoms with Gasteiger partial charge < -0.3 is 19.8 Å². The smallest absolute Gasteiger partial charge is 0.492 e. The highest BCUT2D eigenvalue weighted by atomic mass is 35.5. The van der Waals surface area contributed by atoms with Crippen molar-refractivity contribution in [2.24, 2.45) is 5.73 Å². The van der Waals surface area contributed by atoms with E-state index in [1.807, 2.05) is 12.1 Å². The van der Waals surface area contributed by atoms with Gasteiger partial charge in [-0.2, -0.15) is 0 Å².